The van der Waals surface area contributed by atoms with E-state index >= 15 is 0 Å². The van der Waals surface area contributed by atoms with Crippen molar-refractivity contribution in [2.75, 3.05) is 6.54 Å². The molecular formula is C12H13BrN2O3. The molecule has 2 rings (SSSR count). The van der Waals surface area contributed by atoms with Crippen molar-refractivity contribution in [3.63, 3.8) is 0 Å². The first-order valence-electron chi connectivity index (χ1n) is 5.79. The van der Waals surface area contributed by atoms with Gasteiger partial charge in [-0.05, 0) is 41.8 Å². The van der Waals surface area contributed by atoms with Gasteiger partial charge >= 0.3 is 0 Å². The number of nitro groups is 1. The summed E-state index contributed by atoms with van der Waals surface area (Å²) in [6, 6.07) is 4.56. The smallest absolute Gasteiger partial charge is 0.270 e. The van der Waals surface area contributed by atoms with Gasteiger partial charge in [0.15, 0.2) is 0 Å². The lowest BCUT2D eigenvalue weighted by atomic mass is 10.1. The predicted octanol–water partition coefficient (Wildman–Crippen LogP) is 2.98. The van der Waals surface area contributed by atoms with Crippen LogP contribution in [0.25, 0.3) is 0 Å². The van der Waals surface area contributed by atoms with Crippen molar-refractivity contribution in [2.24, 2.45) is 0 Å². The second kappa shape index (κ2) is 5.06. The van der Waals surface area contributed by atoms with Crippen LogP contribution in [0.1, 0.15) is 30.1 Å². The Morgan fingerprint density at radius 1 is 1.56 bits per heavy atom. The third-order valence-corrected chi connectivity index (χ3v) is 3.67. The topological polar surface area (TPSA) is 63.5 Å². The summed E-state index contributed by atoms with van der Waals surface area (Å²) in [6.07, 6.45) is 2.04. The predicted molar refractivity (Wildman–Crippen MR) is 70.5 cm³/mol. The first-order valence-corrected chi connectivity index (χ1v) is 6.58. The Bertz CT molecular complexity index is 500. The molecule has 0 N–H and O–H groups in total. The molecule has 1 aliphatic carbocycles. The Kier molecular flexibility index (Phi) is 3.65. The lowest BCUT2D eigenvalue weighted by Gasteiger charge is -2.20. The van der Waals surface area contributed by atoms with Crippen LogP contribution in [0.15, 0.2) is 22.7 Å². The minimum absolute atomic E-state index is 0.0617. The minimum Gasteiger partial charge on any atom is -0.336 e. The van der Waals surface area contributed by atoms with E-state index in [9.17, 15) is 14.9 Å². The van der Waals surface area contributed by atoms with Gasteiger partial charge in [0.25, 0.3) is 11.6 Å². The summed E-state index contributed by atoms with van der Waals surface area (Å²) < 4.78 is 0.595. The van der Waals surface area contributed by atoms with Gasteiger partial charge in [-0.2, -0.15) is 0 Å². The van der Waals surface area contributed by atoms with Crippen molar-refractivity contribution in [1.29, 1.82) is 0 Å². The lowest BCUT2D eigenvalue weighted by molar-refractivity contribution is -0.384. The molecule has 18 heavy (non-hydrogen) atoms. The number of hydrogen-bond donors (Lipinski definition) is 0. The molecule has 0 spiro atoms. The van der Waals surface area contributed by atoms with Crippen LogP contribution in [0.3, 0.4) is 0 Å². The lowest BCUT2D eigenvalue weighted by Crippen LogP contribution is -2.33. The van der Waals surface area contributed by atoms with Gasteiger partial charge in [-0.25, -0.2) is 0 Å². The molecule has 5 nitrogen and oxygen atoms in total. The largest absolute Gasteiger partial charge is 0.336 e. The van der Waals surface area contributed by atoms with Crippen LogP contribution in [-0.2, 0) is 0 Å². The van der Waals surface area contributed by atoms with Crippen LogP contribution in [-0.4, -0.2) is 28.3 Å². The highest BCUT2D eigenvalue weighted by Gasteiger charge is 2.33. The highest BCUT2D eigenvalue weighted by Crippen LogP contribution is 2.30. The molecule has 0 bridgehead atoms. The van der Waals surface area contributed by atoms with Crippen molar-refractivity contribution in [1.82, 2.24) is 4.90 Å². The van der Waals surface area contributed by atoms with Crippen LogP contribution in [0, 0.1) is 10.1 Å². The van der Waals surface area contributed by atoms with Gasteiger partial charge in [0.1, 0.15) is 0 Å². The third kappa shape index (κ3) is 2.53. The van der Waals surface area contributed by atoms with Crippen molar-refractivity contribution in [3.8, 4) is 0 Å². The summed E-state index contributed by atoms with van der Waals surface area (Å²) in [5, 5.41) is 10.7. The molecule has 1 aromatic rings. The van der Waals surface area contributed by atoms with Crippen molar-refractivity contribution < 1.29 is 9.72 Å². The highest BCUT2D eigenvalue weighted by atomic mass is 79.9. The van der Waals surface area contributed by atoms with E-state index in [-0.39, 0.29) is 11.6 Å². The second-order valence-electron chi connectivity index (χ2n) is 4.24. The molecule has 0 saturated heterocycles. The van der Waals surface area contributed by atoms with E-state index in [1.807, 2.05) is 6.92 Å². The molecule has 1 aliphatic rings. The van der Waals surface area contributed by atoms with E-state index in [1.165, 1.54) is 12.1 Å². The maximum absolute atomic E-state index is 12.3. The molecule has 1 aromatic carbocycles. The normalized spacial score (nSPS) is 14.3. The van der Waals surface area contributed by atoms with Crippen LogP contribution in [0.4, 0.5) is 5.69 Å². The number of amides is 1. The Morgan fingerprint density at radius 2 is 2.22 bits per heavy atom. The average molecular weight is 313 g/mol. The summed E-state index contributed by atoms with van der Waals surface area (Å²) in [6.45, 7) is 2.54. The van der Waals surface area contributed by atoms with Gasteiger partial charge in [-0.3, -0.25) is 14.9 Å². The molecule has 0 aromatic heterocycles. The second-order valence-corrected chi connectivity index (χ2v) is 5.10. The SMILES string of the molecule is CCN(C(=O)c1cc([N+](=O)[O-])ccc1Br)C1CC1. The molecular weight excluding hydrogens is 300 g/mol. The quantitative estimate of drug-likeness (QED) is 0.634. The molecule has 0 unspecified atom stereocenters. The monoisotopic (exact) mass is 312 g/mol. The zero-order valence-electron chi connectivity index (χ0n) is 9.93. The Hall–Kier alpha value is -1.43. The molecule has 0 atom stereocenters. The van der Waals surface area contributed by atoms with Crippen molar-refractivity contribution >= 4 is 27.5 Å². The van der Waals surface area contributed by atoms with Crippen LogP contribution in [0.5, 0.6) is 0 Å². The number of benzene rings is 1. The summed E-state index contributed by atoms with van der Waals surface area (Å²) in [4.78, 5) is 24.3. The number of nitro benzene ring substituents is 1. The summed E-state index contributed by atoms with van der Waals surface area (Å²) >= 11 is 3.28. The van der Waals surface area contributed by atoms with E-state index in [4.69, 9.17) is 0 Å². The molecule has 0 heterocycles. The van der Waals surface area contributed by atoms with Crippen molar-refractivity contribution in [3.05, 3.63) is 38.3 Å². The zero-order chi connectivity index (χ0) is 13.3. The van der Waals surface area contributed by atoms with Crippen LogP contribution < -0.4 is 0 Å². The Balaban J connectivity index is 2.33. The van der Waals surface area contributed by atoms with Gasteiger partial charge in [-0.1, -0.05) is 0 Å². The van der Waals surface area contributed by atoms with Gasteiger partial charge in [0.2, 0.25) is 0 Å². The first kappa shape index (κ1) is 13.0. The molecule has 1 amide bonds. The van der Waals surface area contributed by atoms with E-state index < -0.39 is 4.92 Å². The number of hydrogen-bond acceptors (Lipinski definition) is 3. The molecule has 6 heteroatoms. The fraction of sp³-hybridized carbons (Fsp3) is 0.417. The van der Waals surface area contributed by atoms with E-state index in [0.717, 1.165) is 12.8 Å². The molecule has 0 radical (unpaired) electrons. The van der Waals surface area contributed by atoms with Crippen LogP contribution in [0.2, 0.25) is 0 Å². The number of rotatable bonds is 4. The fourth-order valence-corrected chi connectivity index (χ4v) is 2.32. The standard InChI is InChI=1S/C12H13BrN2O3/c1-2-14(8-3-4-8)12(16)10-7-9(15(17)18)5-6-11(10)13/h5-8H,2-4H2,1H3. The third-order valence-electron chi connectivity index (χ3n) is 2.98. The molecule has 1 saturated carbocycles. The summed E-state index contributed by atoms with van der Waals surface area (Å²) in [5.41, 5.74) is 0.298. The average Bonchev–Trinajstić information content (AvgIpc) is 3.14. The minimum atomic E-state index is -0.489. The summed E-state index contributed by atoms with van der Waals surface area (Å²) in [7, 11) is 0. The van der Waals surface area contributed by atoms with Crippen molar-refractivity contribution in [2.45, 2.75) is 25.8 Å². The van der Waals surface area contributed by atoms with Gasteiger partial charge in [0.05, 0.1) is 10.5 Å². The number of nitrogens with zero attached hydrogens (tertiary/aromatic N) is 2. The van der Waals surface area contributed by atoms with Crippen LogP contribution >= 0.6 is 15.9 Å². The zero-order valence-corrected chi connectivity index (χ0v) is 11.5. The molecule has 0 aliphatic heterocycles. The van der Waals surface area contributed by atoms with E-state index in [1.54, 1.807) is 11.0 Å². The fourth-order valence-electron chi connectivity index (χ4n) is 1.90. The number of non-ortho nitro benzene ring substituents is 1. The maximum Gasteiger partial charge on any atom is 0.270 e. The Morgan fingerprint density at radius 3 is 2.72 bits per heavy atom. The highest BCUT2D eigenvalue weighted by molar-refractivity contribution is 9.10. The maximum atomic E-state index is 12.3. The number of carbonyl (C=O) groups is 1. The van der Waals surface area contributed by atoms with E-state index in [2.05, 4.69) is 15.9 Å². The Labute approximate surface area is 113 Å². The molecule has 96 valence electrons. The number of halogens is 1. The summed E-state index contributed by atoms with van der Waals surface area (Å²) in [5.74, 6) is -0.143. The van der Waals surface area contributed by atoms with Gasteiger partial charge in [0, 0.05) is 29.2 Å². The molecule has 1 fully saturated rings. The first-order chi connectivity index (χ1) is 8.54. The van der Waals surface area contributed by atoms with E-state index in [0.29, 0.717) is 22.6 Å². The van der Waals surface area contributed by atoms with Gasteiger partial charge < -0.3 is 4.90 Å². The number of carbonyl (C=O) groups excluding carboxylic acids is 1. The van der Waals surface area contributed by atoms with Gasteiger partial charge in [-0.15, -0.1) is 0 Å².